The summed E-state index contributed by atoms with van der Waals surface area (Å²) in [4.78, 5) is 60.9. The maximum atomic E-state index is 12.6. The van der Waals surface area contributed by atoms with Gasteiger partial charge in [0.1, 0.15) is 16.8 Å². The number of hydrogen-bond acceptors (Lipinski definition) is 13. The van der Waals surface area contributed by atoms with Gasteiger partial charge in [-0.15, -0.1) is 0 Å². The largest absolute Gasteiger partial charge is 0.459 e. The van der Waals surface area contributed by atoms with E-state index in [1.54, 1.807) is 0 Å². The molecule has 2 aliphatic heterocycles. The second kappa shape index (κ2) is 44.3. The van der Waals surface area contributed by atoms with Gasteiger partial charge in [-0.05, 0) is 330 Å². The predicted octanol–water partition coefficient (Wildman–Crippen LogP) is 26.4. The number of rotatable bonds is 22. The van der Waals surface area contributed by atoms with Gasteiger partial charge < -0.3 is 37.9 Å². The molecule has 2 saturated heterocycles. The van der Waals surface area contributed by atoms with E-state index in [4.69, 9.17) is 37.9 Å². The number of hydrogen-bond donors (Lipinski definition) is 0. The Hall–Kier alpha value is -2.77. The first-order valence-electron chi connectivity index (χ1n) is 39.0. The molecule has 0 N–H and O–H groups in total. The summed E-state index contributed by atoms with van der Waals surface area (Å²) >= 11 is 0. The molecular weight excluding hydrogens is 1300 g/mol. The summed E-state index contributed by atoms with van der Waals surface area (Å²) in [6.45, 7) is 41.7. The summed E-state index contributed by atoms with van der Waals surface area (Å²) in [5, 5.41) is 0. The predicted molar refractivity (Wildman–Crippen MR) is 440 cm³/mol. The fraction of sp³-hybridized carbons (Fsp3) is 0.945. The van der Waals surface area contributed by atoms with Crippen molar-refractivity contribution >= 4 is 29.8 Å². The molecule has 104 heavy (non-hydrogen) atoms. The molecule has 15 unspecified atom stereocenters. The van der Waals surface area contributed by atoms with E-state index in [1.165, 1.54) is 128 Å². The SMILES string of the molecule is C.C.C.C.C.C.C.C.C.C.CCC(C)(C)C(=O)OC(C)(C)C1CCCC1.CCC(C)(C)C(=O)OC(C)(C)C1CCCCC1.CCC(C)(C)C(=O)OC(C)OC1CC2CC1C1C3CCC(C3)C21.CCC(C)(C)C(=O)OC(C)OC1CC2CCC1C2.CCC(C)(C)C(=O)OC1(C2CC3CCC2O3)CCCC1. The number of carbonyl (C=O) groups excluding carboxylic acids is 5. The molecule has 8 bridgehead atoms. The Morgan fingerprint density at radius 3 is 1.16 bits per heavy atom. The van der Waals surface area contributed by atoms with Crippen LogP contribution in [0, 0.1) is 92.2 Å². The minimum Gasteiger partial charge on any atom is -0.459 e. The Balaban J connectivity index is -0.000000591. The molecule has 0 radical (unpaired) electrons. The lowest BCUT2D eigenvalue weighted by atomic mass is 9.70. The molecule has 622 valence electrons. The van der Waals surface area contributed by atoms with Gasteiger partial charge in [-0.2, -0.15) is 0 Å². The van der Waals surface area contributed by atoms with E-state index in [1.807, 2.05) is 111 Å². The summed E-state index contributed by atoms with van der Waals surface area (Å²) < 4.78 is 46.9. The van der Waals surface area contributed by atoms with E-state index in [0.29, 0.717) is 48.1 Å². The number of carbonyl (C=O) groups is 5. The van der Waals surface area contributed by atoms with Gasteiger partial charge in [-0.1, -0.05) is 141 Å². The van der Waals surface area contributed by atoms with Gasteiger partial charge in [-0.3, -0.25) is 24.0 Å². The topological polar surface area (TPSA) is 159 Å². The van der Waals surface area contributed by atoms with Crippen molar-refractivity contribution in [1.82, 2.24) is 0 Å². The van der Waals surface area contributed by atoms with Crippen LogP contribution in [0.4, 0.5) is 0 Å². The number of ether oxygens (including phenoxy) is 8. The first-order valence-corrected chi connectivity index (χ1v) is 39.0. The second-order valence-electron chi connectivity index (χ2n) is 36.2. The molecule has 0 aromatic heterocycles. The van der Waals surface area contributed by atoms with Crippen molar-refractivity contribution in [3.63, 3.8) is 0 Å². The number of esters is 5. The lowest BCUT2D eigenvalue weighted by Gasteiger charge is -2.40. The van der Waals surface area contributed by atoms with Crippen molar-refractivity contribution in [2.24, 2.45) is 92.2 Å². The standard InChI is InChI=1S/C20H32O3.C17H28O3.C15H26O3.C15H28O2.C14H26O2.10CH4/c1-5-20(3,4)19(21)23-11(2)22-16-10-14-9-15(16)18-13-7-6-12(8-13)17(14)18;1-4-16(2,3)15(18)20-17(9-5-6-10-17)13-11-12-7-8-14(13)19-12;1-5-15(3,4)14(16)18-10(2)17-13-9-11-6-7-12(13)8-11;1-6-14(2,3)13(16)17-15(4,5)12-10-8-7-9-11-12;1-6-13(2,3)12(15)16-14(4,5)11-9-7-8-10-11;;;;;;;;;;/h11-18H,5-10H2,1-4H3;12-14H,4-11H2,1-3H3;10-13H,5-9H2,1-4H3;12H,6-11H2,1-5H3;11H,6-10H2,1-5H3;10*1H4. The van der Waals surface area contributed by atoms with E-state index < -0.39 is 23.4 Å². The highest BCUT2D eigenvalue weighted by atomic mass is 16.7. The lowest BCUT2D eigenvalue weighted by Crippen LogP contribution is -2.46. The monoisotopic (exact) mass is 1480 g/mol. The van der Waals surface area contributed by atoms with E-state index in [9.17, 15) is 24.0 Å². The highest BCUT2D eigenvalue weighted by Gasteiger charge is 2.63. The molecule has 2 heterocycles. The Labute approximate surface area is 646 Å². The molecule has 0 spiro atoms. The van der Waals surface area contributed by atoms with Crippen LogP contribution in [0.2, 0.25) is 0 Å². The van der Waals surface area contributed by atoms with Crippen LogP contribution in [0.3, 0.4) is 0 Å². The van der Waals surface area contributed by atoms with Crippen LogP contribution in [0.1, 0.15) is 412 Å². The van der Waals surface area contributed by atoms with Crippen molar-refractivity contribution in [2.75, 3.05) is 0 Å². The summed E-state index contributed by atoms with van der Waals surface area (Å²) in [5.41, 5.74) is -2.71. The van der Waals surface area contributed by atoms with Crippen LogP contribution < -0.4 is 0 Å². The average molecular weight is 1480 g/mol. The van der Waals surface area contributed by atoms with Crippen LogP contribution in [-0.2, 0) is 61.9 Å². The molecule has 0 amide bonds. The molecule has 11 aliphatic rings. The molecule has 13 heteroatoms. The van der Waals surface area contributed by atoms with E-state index in [-0.39, 0.29) is 137 Å². The minimum atomic E-state index is -0.415. The molecule has 15 atom stereocenters. The lowest BCUT2D eigenvalue weighted by molar-refractivity contribution is -0.202. The highest BCUT2D eigenvalue weighted by molar-refractivity contribution is 5.78. The van der Waals surface area contributed by atoms with Crippen LogP contribution in [0.15, 0.2) is 0 Å². The van der Waals surface area contributed by atoms with Crippen molar-refractivity contribution in [2.45, 2.75) is 466 Å². The molecule has 11 fully saturated rings. The van der Waals surface area contributed by atoms with E-state index in [0.717, 1.165) is 106 Å². The van der Waals surface area contributed by atoms with Gasteiger partial charge in [0.25, 0.3) is 0 Å². The second-order valence-corrected chi connectivity index (χ2v) is 36.2. The smallest absolute Gasteiger partial charge is 0.313 e. The Morgan fingerprint density at radius 1 is 0.385 bits per heavy atom. The zero-order valence-electron chi connectivity index (χ0n) is 63.8. The third-order valence-corrected chi connectivity index (χ3v) is 27.0. The third kappa shape index (κ3) is 26.5. The summed E-state index contributed by atoms with van der Waals surface area (Å²) in [6, 6.07) is 0. The van der Waals surface area contributed by atoms with Gasteiger partial charge in [0.15, 0.2) is 12.6 Å². The molecular formula is C91H180O13. The zero-order valence-corrected chi connectivity index (χ0v) is 63.8. The minimum absolute atomic E-state index is 0. The summed E-state index contributed by atoms with van der Waals surface area (Å²) in [5.74, 6) is 8.26. The quantitative estimate of drug-likeness (QED) is 0.0437. The van der Waals surface area contributed by atoms with Gasteiger partial charge in [-0.25, -0.2) is 0 Å². The van der Waals surface area contributed by atoms with Gasteiger partial charge in [0.2, 0.25) is 0 Å². The Morgan fingerprint density at radius 2 is 0.779 bits per heavy atom. The molecule has 0 aromatic carbocycles. The van der Waals surface area contributed by atoms with Crippen molar-refractivity contribution < 1.29 is 61.9 Å². The van der Waals surface area contributed by atoms with Gasteiger partial charge in [0.05, 0.1) is 51.5 Å². The molecule has 13 nitrogen and oxygen atoms in total. The highest BCUT2D eigenvalue weighted by Crippen LogP contribution is 2.68. The molecule has 0 aromatic rings. The van der Waals surface area contributed by atoms with Crippen molar-refractivity contribution in [3.8, 4) is 0 Å². The first kappa shape index (κ1) is 108. The fourth-order valence-corrected chi connectivity index (χ4v) is 18.3. The van der Waals surface area contributed by atoms with Crippen molar-refractivity contribution in [3.05, 3.63) is 0 Å². The van der Waals surface area contributed by atoms with Gasteiger partial charge in [0, 0.05) is 5.92 Å². The van der Waals surface area contributed by atoms with Crippen LogP contribution >= 0.6 is 0 Å². The Bertz CT molecular complexity index is 2450. The first-order chi connectivity index (χ1) is 43.9. The van der Waals surface area contributed by atoms with E-state index in [2.05, 4.69) is 34.6 Å². The molecule has 11 rings (SSSR count). The third-order valence-electron chi connectivity index (χ3n) is 27.0. The molecule has 9 saturated carbocycles. The fourth-order valence-electron chi connectivity index (χ4n) is 18.3. The average Bonchev–Trinajstić information content (AvgIpc) is 1.56. The maximum absolute atomic E-state index is 12.6. The Kier molecular flexibility index (Phi) is 45.8. The zero-order chi connectivity index (χ0) is 69.6. The summed E-state index contributed by atoms with van der Waals surface area (Å²) in [7, 11) is 0. The van der Waals surface area contributed by atoms with Crippen LogP contribution in [-0.4, -0.2) is 83.6 Å². The van der Waals surface area contributed by atoms with Gasteiger partial charge >= 0.3 is 29.8 Å². The van der Waals surface area contributed by atoms with Crippen LogP contribution in [0.25, 0.3) is 0 Å². The number of fused-ring (bicyclic) bond motifs is 13. The maximum Gasteiger partial charge on any atom is 0.313 e. The summed E-state index contributed by atoms with van der Waals surface area (Å²) in [6.07, 6.45) is 36.0. The van der Waals surface area contributed by atoms with Crippen molar-refractivity contribution in [1.29, 1.82) is 0 Å². The van der Waals surface area contributed by atoms with E-state index >= 15 is 0 Å². The normalized spacial score (nSPS) is 28.5. The molecule has 9 aliphatic carbocycles. The van der Waals surface area contributed by atoms with Crippen LogP contribution in [0.5, 0.6) is 0 Å².